The van der Waals surface area contributed by atoms with E-state index in [2.05, 4.69) is 29.5 Å². The molecule has 0 saturated heterocycles. The third-order valence-corrected chi connectivity index (χ3v) is 2.65. The van der Waals surface area contributed by atoms with Gasteiger partial charge in [-0.2, -0.15) is 0 Å². The fraction of sp³-hybridized carbons (Fsp3) is 0.769. The Hall–Kier alpha value is -1.47. The molecule has 0 saturated carbocycles. The molecule has 2 N–H and O–H groups in total. The summed E-state index contributed by atoms with van der Waals surface area (Å²) in [5, 5.41) is 19.9. The first-order chi connectivity index (χ1) is 9.58. The summed E-state index contributed by atoms with van der Waals surface area (Å²) in [6.07, 6.45) is 2.32. The maximum atomic E-state index is 12.0. The van der Waals surface area contributed by atoms with Crippen LogP contribution in [0.2, 0.25) is 0 Å². The smallest absolute Gasteiger partial charge is 0.329 e. The van der Waals surface area contributed by atoms with Crippen molar-refractivity contribution >= 4 is 5.97 Å². The molecule has 1 aromatic rings. The molecule has 7 heteroatoms. The number of aryl methyl sites for hydroxylation is 1. The highest BCUT2D eigenvalue weighted by Gasteiger charge is 2.24. The second-order valence-corrected chi connectivity index (χ2v) is 4.97. The Morgan fingerprint density at radius 3 is 2.90 bits per heavy atom. The number of carbonyl (C=O) groups is 1. The van der Waals surface area contributed by atoms with Crippen molar-refractivity contribution < 1.29 is 14.6 Å². The number of nitrogens with one attached hydrogen (secondary N) is 1. The minimum absolute atomic E-state index is 0.0993. The SMILES string of the molecule is CCOC(=O)C(NCC(C)C)c1cn(CCCO)nn1. The molecule has 1 aromatic heterocycles. The molecular formula is C13H24N4O3. The molecule has 7 nitrogen and oxygen atoms in total. The maximum Gasteiger partial charge on any atom is 0.329 e. The molecule has 20 heavy (non-hydrogen) atoms. The van der Waals surface area contributed by atoms with Crippen molar-refractivity contribution in [2.45, 2.75) is 39.8 Å². The van der Waals surface area contributed by atoms with Crippen molar-refractivity contribution in [3.63, 3.8) is 0 Å². The average molecular weight is 284 g/mol. The summed E-state index contributed by atoms with van der Waals surface area (Å²) in [7, 11) is 0. The van der Waals surface area contributed by atoms with E-state index in [0.717, 1.165) is 0 Å². The summed E-state index contributed by atoms with van der Waals surface area (Å²) in [4.78, 5) is 12.0. The number of hydrogen-bond acceptors (Lipinski definition) is 6. The van der Waals surface area contributed by atoms with E-state index in [0.29, 0.717) is 37.7 Å². The van der Waals surface area contributed by atoms with Gasteiger partial charge in [0, 0.05) is 13.2 Å². The molecule has 0 amide bonds. The Morgan fingerprint density at radius 1 is 1.55 bits per heavy atom. The van der Waals surface area contributed by atoms with Crippen molar-refractivity contribution in [3.8, 4) is 0 Å². The summed E-state index contributed by atoms with van der Waals surface area (Å²) < 4.78 is 6.68. The molecule has 0 aromatic carbocycles. The van der Waals surface area contributed by atoms with Crippen LogP contribution in [0.3, 0.4) is 0 Å². The van der Waals surface area contributed by atoms with E-state index in [9.17, 15) is 4.79 Å². The summed E-state index contributed by atoms with van der Waals surface area (Å²) in [6, 6.07) is -0.597. The lowest BCUT2D eigenvalue weighted by Gasteiger charge is -2.16. The molecule has 0 aliphatic rings. The lowest BCUT2D eigenvalue weighted by atomic mass is 10.1. The van der Waals surface area contributed by atoms with Crippen molar-refractivity contribution in [1.29, 1.82) is 0 Å². The Kier molecular flexibility index (Phi) is 7.17. The Balaban J connectivity index is 2.75. The van der Waals surface area contributed by atoms with Gasteiger partial charge >= 0.3 is 5.97 Å². The van der Waals surface area contributed by atoms with E-state index in [1.54, 1.807) is 17.8 Å². The summed E-state index contributed by atoms with van der Waals surface area (Å²) in [6.45, 7) is 7.59. The van der Waals surface area contributed by atoms with E-state index in [1.807, 2.05) is 0 Å². The molecule has 0 aliphatic carbocycles. The van der Waals surface area contributed by atoms with E-state index < -0.39 is 6.04 Å². The van der Waals surface area contributed by atoms with Crippen molar-refractivity contribution in [2.75, 3.05) is 19.8 Å². The van der Waals surface area contributed by atoms with Gasteiger partial charge in [-0.1, -0.05) is 19.1 Å². The fourth-order valence-electron chi connectivity index (χ4n) is 1.68. The maximum absolute atomic E-state index is 12.0. The number of ether oxygens (including phenoxy) is 1. The van der Waals surface area contributed by atoms with Crippen LogP contribution >= 0.6 is 0 Å². The van der Waals surface area contributed by atoms with Crippen LogP contribution in [0.15, 0.2) is 6.20 Å². The van der Waals surface area contributed by atoms with Gasteiger partial charge in [-0.3, -0.25) is 10.00 Å². The van der Waals surface area contributed by atoms with Gasteiger partial charge in [-0.05, 0) is 25.8 Å². The first-order valence-electron chi connectivity index (χ1n) is 6.99. The Morgan fingerprint density at radius 2 is 2.30 bits per heavy atom. The summed E-state index contributed by atoms with van der Waals surface area (Å²) in [5.41, 5.74) is 0.544. The van der Waals surface area contributed by atoms with Gasteiger partial charge < -0.3 is 9.84 Å². The largest absolute Gasteiger partial charge is 0.465 e. The predicted molar refractivity (Wildman–Crippen MR) is 73.9 cm³/mol. The van der Waals surface area contributed by atoms with Crippen molar-refractivity contribution in [2.24, 2.45) is 5.92 Å². The van der Waals surface area contributed by atoms with Gasteiger partial charge in [-0.15, -0.1) is 5.10 Å². The number of carbonyl (C=O) groups excluding carboxylic acids is 1. The minimum Gasteiger partial charge on any atom is -0.465 e. The summed E-state index contributed by atoms with van der Waals surface area (Å²) >= 11 is 0. The number of aliphatic hydroxyl groups excluding tert-OH is 1. The number of nitrogens with zero attached hydrogens (tertiary/aromatic N) is 3. The number of esters is 1. The monoisotopic (exact) mass is 284 g/mol. The van der Waals surface area contributed by atoms with Gasteiger partial charge in [0.05, 0.1) is 12.8 Å². The van der Waals surface area contributed by atoms with Gasteiger partial charge in [0.1, 0.15) is 5.69 Å². The third kappa shape index (κ3) is 5.26. The first-order valence-corrected chi connectivity index (χ1v) is 6.99. The van der Waals surface area contributed by atoms with Gasteiger partial charge in [0.15, 0.2) is 6.04 Å². The van der Waals surface area contributed by atoms with Crippen LogP contribution in [0.1, 0.15) is 38.9 Å². The number of aromatic nitrogens is 3. The van der Waals surface area contributed by atoms with Crippen LogP contribution in [0.4, 0.5) is 0 Å². The van der Waals surface area contributed by atoms with Gasteiger partial charge in [-0.25, -0.2) is 4.79 Å². The van der Waals surface area contributed by atoms with Crippen LogP contribution in [0, 0.1) is 5.92 Å². The van der Waals surface area contributed by atoms with Crippen LogP contribution in [-0.2, 0) is 16.1 Å². The second-order valence-electron chi connectivity index (χ2n) is 4.97. The molecule has 1 rings (SSSR count). The second kappa shape index (κ2) is 8.65. The van der Waals surface area contributed by atoms with E-state index in [4.69, 9.17) is 9.84 Å². The molecule has 0 aliphatic heterocycles. The molecule has 1 heterocycles. The van der Waals surface area contributed by atoms with E-state index in [-0.39, 0.29) is 12.6 Å². The van der Waals surface area contributed by atoms with Crippen molar-refractivity contribution in [1.82, 2.24) is 20.3 Å². The standard InChI is InChI=1S/C13H24N4O3/c1-4-20-13(19)12(14-8-10(2)3)11-9-17(16-15-11)6-5-7-18/h9-10,12,14,18H,4-8H2,1-3H3. The zero-order valence-electron chi connectivity index (χ0n) is 12.4. The average Bonchev–Trinajstić information content (AvgIpc) is 2.85. The highest BCUT2D eigenvalue weighted by atomic mass is 16.5. The fourth-order valence-corrected chi connectivity index (χ4v) is 1.68. The van der Waals surface area contributed by atoms with Crippen LogP contribution in [-0.4, -0.2) is 45.8 Å². The third-order valence-electron chi connectivity index (χ3n) is 2.65. The molecular weight excluding hydrogens is 260 g/mol. The molecule has 1 unspecified atom stereocenters. The zero-order valence-corrected chi connectivity index (χ0v) is 12.4. The van der Waals surface area contributed by atoms with Crippen molar-refractivity contribution in [3.05, 3.63) is 11.9 Å². The van der Waals surface area contributed by atoms with Crippen LogP contribution in [0.5, 0.6) is 0 Å². The quantitative estimate of drug-likeness (QED) is 0.642. The highest BCUT2D eigenvalue weighted by molar-refractivity contribution is 5.76. The molecule has 0 bridgehead atoms. The first kappa shape index (κ1) is 16.6. The normalized spacial score (nSPS) is 12.7. The molecule has 0 fully saturated rings. The molecule has 0 spiro atoms. The van der Waals surface area contributed by atoms with Gasteiger partial charge in [0.25, 0.3) is 0 Å². The Bertz CT molecular complexity index is 406. The lowest BCUT2D eigenvalue weighted by molar-refractivity contribution is -0.146. The predicted octanol–water partition coefficient (Wildman–Crippen LogP) is 0.510. The van der Waals surface area contributed by atoms with E-state index in [1.165, 1.54) is 0 Å². The topological polar surface area (TPSA) is 89.3 Å². The number of rotatable bonds is 9. The highest BCUT2D eigenvalue weighted by Crippen LogP contribution is 2.12. The lowest BCUT2D eigenvalue weighted by Crippen LogP contribution is -2.33. The summed E-state index contributed by atoms with van der Waals surface area (Å²) in [5.74, 6) is 0.0683. The zero-order chi connectivity index (χ0) is 15.0. The molecule has 114 valence electrons. The van der Waals surface area contributed by atoms with E-state index >= 15 is 0 Å². The molecule has 1 atom stereocenters. The Labute approximate surface area is 119 Å². The van der Waals surface area contributed by atoms with Crippen LogP contribution in [0.25, 0.3) is 0 Å². The van der Waals surface area contributed by atoms with Crippen LogP contribution < -0.4 is 5.32 Å². The minimum atomic E-state index is -0.597. The number of hydrogen-bond donors (Lipinski definition) is 2. The molecule has 0 radical (unpaired) electrons. The number of aliphatic hydroxyl groups is 1. The van der Waals surface area contributed by atoms with Gasteiger partial charge in [0.2, 0.25) is 0 Å².